The van der Waals surface area contributed by atoms with Gasteiger partial charge in [0.15, 0.2) is 0 Å². The van der Waals surface area contributed by atoms with Crippen LogP contribution in [-0.2, 0) is 19.2 Å². The molecule has 2 unspecified atom stereocenters. The average Bonchev–Trinajstić information content (AvgIpc) is 3.20. The number of aliphatic hydroxyl groups excluding tert-OH is 2. The van der Waals surface area contributed by atoms with Gasteiger partial charge in [-0.3, -0.25) is 9.59 Å². The summed E-state index contributed by atoms with van der Waals surface area (Å²) in [6.07, 6.45) is 21.9. The molecular formula is C45H74N4O12. The molecule has 0 bridgehead atoms. The maximum Gasteiger partial charge on any atom is 0.335 e. The Balaban J connectivity index is 0.000000765. The fourth-order valence-electron chi connectivity index (χ4n) is 8.42. The number of aliphatic imine (C=N–C) groups is 2. The molecule has 10 N–H and O–H groups in total. The maximum atomic E-state index is 10.4. The average molecular weight is 863 g/mol. The molecule has 0 saturated heterocycles. The number of carbonyl (C=O) groups is 4. The lowest BCUT2D eigenvalue weighted by molar-refractivity contribution is -0.139. The van der Waals surface area contributed by atoms with E-state index in [0.717, 1.165) is 88.7 Å². The highest BCUT2D eigenvalue weighted by Gasteiger charge is 2.39. The summed E-state index contributed by atoms with van der Waals surface area (Å²) in [4.78, 5) is 68.7. The highest BCUT2D eigenvalue weighted by atomic mass is 16.4. The lowest BCUT2D eigenvalue weighted by Crippen LogP contribution is -2.45. The molecule has 0 heterocycles. The van der Waals surface area contributed by atoms with Crippen LogP contribution >= 0.6 is 0 Å². The van der Waals surface area contributed by atoms with Crippen molar-refractivity contribution in [3.8, 4) is 0 Å². The number of benzene rings is 1. The van der Waals surface area contributed by atoms with E-state index >= 15 is 0 Å². The van der Waals surface area contributed by atoms with Gasteiger partial charge in [0.2, 0.25) is 12.2 Å². The lowest BCUT2D eigenvalue weighted by Gasteiger charge is -2.45. The Labute approximate surface area is 361 Å². The number of aliphatic hydroxyl groups is 2. The molecular weight excluding hydrogens is 789 g/mol. The Morgan fingerprint density at radius 3 is 1.39 bits per heavy atom. The van der Waals surface area contributed by atoms with E-state index in [9.17, 15) is 28.8 Å². The number of hydrogen-bond donors (Lipinski definition) is 8. The fraction of sp³-hybridized carbons (Fsp3) is 0.733. The first-order valence-corrected chi connectivity index (χ1v) is 21.7. The van der Waals surface area contributed by atoms with Crippen LogP contribution in [0.15, 0.2) is 34.3 Å². The van der Waals surface area contributed by atoms with Crippen molar-refractivity contribution in [1.82, 2.24) is 0 Å². The predicted molar refractivity (Wildman–Crippen MR) is 232 cm³/mol. The molecule has 0 aromatic heterocycles. The van der Waals surface area contributed by atoms with Crippen molar-refractivity contribution in [2.24, 2.45) is 44.1 Å². The fourth-order valence-corrected chi connectivity index (χ4v) is 8.42. The van der Waals surface area contributed by atoms with E-state index in [1.807, 2.05) is 0 Å². The molecule has 4 rings (SSSR count). The zero-order valence-corrected chi connectivity index (χ0v) is 36.6. The molecule has 346 valence electrons. The number of carboxylic acid groups (broad SMARTS) is 4. The molecule has 16 nitrogen and oxygen atoms in total. The van der Waals surface area contributed by atoms with Crippen LogP contribution in [0.5, 0.6) is 0 Å². The third kappa shape index (κ3) is 28.8. The van der Waals surface area contributed by atoms with Gasteiger partial charge in [0.05, 0.1) is 23.2 Å². The summed E-state index contributed by atoms with van der Waals surface area (Å²) in [6.45, 7) is 8.18. The molecule has 3 aliphatic carbocycles. The van der Waals surface area contributed by atoms with Crippen molar-refractivity contribution in [2.75, 3.05) is 19.8 Å². The normalized spacial score (nSPS) is 23.6. The van der Waals surface area contributed by atoms with E-state index in [0.29, 0.717) is 24.3 Å². The first kappa shape index (κ1) is 56.7. The van der Waals surface area contributed by atoms with Crippen molar-refractivity contribution in [1.29, 1.82) is 0 Å². The summed E-state index contributed by atoms with van der Waals surface area (Å²) < 4.78 is 0. The summed E-state index contributed by atoms with van der Waals surface area (Å²) >= 11 is 0. The molecule has 16 heteroatoms. The minimum atomic E-state index is -1.13. The van der Waals surface area contributed by atoms with E-state index in [1.165, 1.54) is 56.7 Å². The van der Waals surface area contributed by atoms with Crippen LogP contribution in [0, 0.1) is 22.7 Å². The largest absolute Gasteiger partial charge is 0.481 e. The molecule has 0 spiro atoms. The van der Waals surface area contributed by atoms with Gasteiger partial charge in [-0.25, -0.2) is 29.2 Å². The zero-order valence-electron chi connectivity index (χ0n) is 36.6. The van der Waals surface area contributed by atoms with E-state index < -0.39 is 23.9 Å². The van der Waals surface area contributed by atoms with Gasteiger partial charge in [0.1, 0.15) is 0 Å². The number of aromatic carboxylic acids is 2. The first-order valence-electron chi connectivity index (χ1n) is 21.7. The monoisotopic (exact) mass is 863 g/mol. The molecule has 0 amide bonds. The first-order chi connectivity index (χ1) is 28.8. The summed E-state index contributed by atoms with van der Waals surface area (Å²) in [7, 11) is 0. The molecule has 0 aliphatic heterocycles. The van der Waals surface area contributed by atoms with Gasteiger partial charge < -0.3 is 42.1 Å². The number of nitrogens with two attached hydrogens (primary N) is 2. The van der Waals surface area contributed by atoms with Gasteiger partial charge >= 0.3 is 23.9 Å². The molecule has 3 fully saturated rings. The maximum absolute atomic E-state index is 10.4. The van der Waals surface area contributed by atoms with Gasteiger partial charge in [0.25, 0.3) is 0 Å². The molecule has 61 heavy (non-hydrogen) atoms. The standard InChI is InChI=1S/C15H22N2O2.C10H22N2.C8H6O4.C6H10O4.C6H14O2/c18-10-16-14-5-1-12(2-6-14)9-13-3-7-15(8-4-13)17-11-19;1-9(2)4-8(12)5-10(3,6-9)7-11;9-7(10)5-2-1-3-6(4-5)8(11)12;7-5(8)3-1-2-4-6(9)10;7-5-3-1-2-4-6-8/h12-15H,1-9H2;8H,4-7,11-12H2,1-3H3;1-4H,(H,9,10)(H,11,12);1-4H2,(H,7,8)(H,9,10);7-8H,1-6H2. The second-order valence-electron chi connectivity index (χ2n) is 17.6. The number of nitrogens with zero attached hydrogens (tertiary/aromatic N) is 2. The number of unbranched alkanes of at least 4 members (excludes halogenated alkanes) is 4. The van der Waals surface area contributed by atoms with Crippen molar-refractivity contribution in [3.05, 3.63) is 35.4 Å². The molecule has 2 atom stereocenters. The zero-order chi connectivity index (χ0) is 46.3. The van der Waals surface area contributed by atoms with Crippen molar-refractivity contribution in [2.45, 2.75) is 167 Å². The van der Waals surface area contributed by atoms with Crippen LogP contribution in [0.1, 0.15) is 170 Å². The van der Waals surface area contributed by atoms with E-state index in [1.54, 1.807) is 12.2 Å². The van der Waals surface area contributed by atoms with E-state index in [2.05, 4.69) is 30.8 Å². The Morgan fingerprint density at radius 1 is 0.672 bits per heavy atom. The minimum absolute atomic E-state index is 0.0186. The Morgan fingerprint density at radius 2 is 1.08 bits per heavy atom. The summed E-state index contributed by atoms with van der Waals surface area (Å²) in [5.41, 5.74) is 12.4. The van der Waals surface area contributed by atoms with Crippen molar-refractivity contribution >= 4 is 36.0 Å². The predicted octanol–water partition coefficient (Wildman–Crippen LogP) is 6.98. The van der Waals surface area contributed by atoms with Crippen LogP contribution in [0.4, 0.5) is 0 Å². The third-order valence-corrected chi connectivity index (χ3v) is 11.2. The molecule has 3 aliphatic rings. The summed E-state index contributed by atoms with van der Waals surface area (Å²) in [6, 6.07) is 6.00. The molecule has 3 saturated carbocycles. The number of aliphatic carboxylic acids is 2. The Kier molecular flexibility index (Phi) is 30.1. The highest BCUT2D eigenvalue weighted by molar-refractivity contribution is 5.93. The second-order valence-corrected chi connectivity index (χ2v) is 17.6. The SMILES string of the molecule is CC1(C)CC(N)CC(C)(CN)C1.O=C(O)CCCCC(=O)O.O=C(O)c1cccc(C(=O)O)c1.O=C=NC1CCC(CC2CCC(N=C=O)CC2)CC1.OCCCCCCO. The molecule has 1 aromatic rings. The number of hydrogen-bond acceptors (Lipinski definition) is 12. The lowest BCUT2D eigenvalue weighted by atomic mass is 9.63. The van der Waals surface area contributed by atoms with Gasteiger partial charge in [-0.1, -0.05) is 39.7 Å². The van der Waals surface area contributed by atoms with Gasteiger partial charge in [0, 0.05) is 32.1 Å². The third-order valence-electron chi connectivity index (χ3n) is 11.2. The molecule has 1 aromatic carbocycles. The van der Waals surface area contributed by atoms with Gasteiger partial charge in [-0.05, 0) is 150 Å². The van der Waals surface area contributed by atoms with Crippen LogP contribution in [0.3, 0.4) is 0 Å². The summed E-state index contributed by atoms with van der Waals surface area (Å²) in [5.74, 6) is -2.39. The minimum Gasteiger partial charge on any atom is -0.481 e. The van der Waals surface area contributed by atoms with Gasteiger partial charge in [-0.2, -0.15) is 0 Å². The summed E-state index contributed by atoms with van der Waals surface area (Å²) in [5, 5.41) is 49.9. The van der Waals surface area contributed by atoms with E-state index in [4.69, 9.17) is 42.1 Å². The van der Waals surface area contributed by atoms with Crippen molar-refractivity contribution in [3.63, 3.8) is 0 Å². The van der Waals surface area contributed by atoms with Gasteiger partial charge in [-0.15, -0.1) is 0 Å². The Hall–Kier alpha value is -4.30. The van der Waals surface area contributed by atoms with Crippen LogP contribution in [0.25, 0.3) is 0 Å². The quantitative estimate of drug-likeness (QED) is 0.0445. The number of carbonyl (C=O) groups excluding carboxylic acids is 2. The second kappa shape index (κ2) is 32.4. The highest BCUT2D eigenvalue weighted by Crippen LogP contribution is 2.44. The molecule has 0 radical (unpaired) electrons. The van der Waals surface area contributed by atoms with Crippen molar-refractivity contribution < 1.29 is 59.4 Å². The number of rotatable bonds is 17. The van der Waals surface area contributed by atoms with Crippen LogP contribution < -0.4 is 11.5 Å². The van der Waals surface area contributed by atoms with E-state index in [-0.39, 0.29) is 54.7 Å². The van der Waals surface area contributed by atoms with Crippen LogP contribution in [-0.4, -0.2) is 105 Å². The Bertz CT molecular complexity index is 1420. The van der Waals surface area contributed by atoms with Crippen LogP contribution in [0.2, 0.25) is 0 Å². The smallest absolute Gasteiger partial charge is 0.335 e. The number of isocyanates is 2. The topological polar surface area (TPSA) is 301 Å². The number of carboxylic acids is 4.